The molecular weight excluding hydrogens is 308 g/mol. The molecule has 1 aromatic rings. The second-order valence-electron chi connectivity index (χ2n) is 6.21. The smallest absolute Gasteiger partial charge is 0.0400 e. The van der Waals surface area contributed by atoms with Crippen LogP contribution < -0.4 is 0 Å². The lowest BCUT2D eigenvalue weighted by atomic mass is 9.87. The number of rotatable bonds is 7. The highest BCUT2D eigenvalue weighted by Crippen LogP contribution is 2.37. The number of alkyl halides is 1. The maximum absolute atomic E-state index is 3.95. The fraction of sp³-hybridized carbons (Fsp3) is 0.684. The SMILES string of the molecule is CCCCCCCC(Br)c1c(C)c(C)c(C)c(C)c1C. The Bertz CT molecular complexity index is 417. The van der Waals surface area contributed by atoms with Crippen LogP contribution in [0, 0.1) is 34.6 Å². The van der Waals surface area contributed by atoms with Crippen LogP contribution in [0.2, 0.25) is 0 Å². The van der Waals surface area contributed by atoms with Crippen molar-refractivity contribution >= 4 is 15.9 Å². The van der Waals surface area contributed by atoms with Crippen LogP contribution in [0.3, 0.4) is 0 Å². The van der Waals surface area contributed by atoms with E-state index in [1.54, 1.807) is 5.56 Å². The van der Waals surface area contributed by atoms with Crippen molar-refractivity contribution in [2.75, 3.05) is 0 Å². The highest BCUT2D eigenvalue weighted by atomic mass is 79.9. The lowest BCUT2D eigenvalue weighted by Crippen LogP contribution is -2.05. The summed E-state index contributed by atoms with van der Waals surface area (Å²) in [4.78, 5) is 0.516. The lowest BCUT2D eigenvalue weighted by molar-refractivity contribution is 0.604. The van der Waals surface area contributed by atoms with Gasteiger partial charge in [-0.05, 0) is 74.4 Å². The van der Waals surface area contributed by atoms with E-state index < -0.39 is 0 Å². The van der Waals surface area contributed by atoms with Gasteiger partial charge in [0.1, 0.15) is 0 Å². The monoisotopic (exact) mass is 338 g/mol. The van der Waals surface area contributed by atoms with Crippen LogP contribution in [0.5, 0.6) is 0 Å². The molecule has 0 radical (unpaired) electrons. The minimum absolute atomic E-state index is 0.516. The van der Waals surface area contributed by atoms with Gasteiger partial charge in [0.25, 0.3) is 0 Å². The molecule has 0 fully saturated rings. The first-order chi connectivity index (χ1) is 9.41. The molecule has 114 valence electrons. The Labute approximate surface area is 134 Å². The van der Waals surface area contributed by atoms with Gasteiger partial charge >= 0.3 is 0 Å². The molecule has 1 unspecified atom stereocenters. The minimum atomic E-state index is 0.516. The normalized spacial score (nSPS) is 12.8. The molecule has 0 heterocycles. The van der Waals surface area contributed by atoms with Crippen LogP contribution in [0.4, 0.5) is 0 Å². The number of unbranched alkanes of at least 4 members (excludes halogenated alkanes) is 4. The zero-order valence-electron chi connectivity index (χ0n) is 14.2. The van der Waals surface area contributed by atoms with Crippen molar-refractivity contribution in [3.63, 3.8) is 0 Å². The highest BCUT2D eigenvalue weighted by Gasteiger charge is 2.17. The number of hydrogen-bond donors (Lipinski definition) is 0. The fourth-order valence-corrected chi connectivity index (χ4v) is 4.08. The molecule has 0 aliphatic heterocycles. The van der Waals surface area contributed by atoms with E-state index in [9.17, 15) is 0 Å². The Balaban J connectivity index is 2.80. The van der Waals surface area contributed by atoms with Crippen molar-refractivity contribution < 1.29 is 0 Å². The molecule has 1 heteroatoms. The summed E-state index contributed by atoms with van der Waals surface area (Å²) in [6, 6.07) is 0. The highest BCUT2D eigenvalue weighted by molar-refractivity contribution is 9.09. The summed E-state index contributed by atoms with van der Waals surface area (Å²) in [6.45, 7) is 13.6. The Morgan fingerprint density at radius 2 is 1.15 bits per heavy atom. The van der Waals surface area contributed by atoms with Gasteiger partial charge in [-0.15, -0.1) is 0 Å². The Hall–Kier alpha value is -0.300. The maximum Gasteiger partial charge on any atom is 0.0400 e. The average Bonchev–Trinajstić information content (AvgIpc) is 2.43. The van der Waals surface area contributed by atoms with E-state index in [0.29, 0.717) is 4.83 Å². The first-order valence-electron chi connectivity index (χ1n) is 8.12. The molecule has 0 aromatic heterocycles. The second-order valence-corrected chi connectivity index (χ2v) is 7.31. The van der Waals surface area contributed by atoms with Crippen molar-refractivity contribution in [1.82, 2.24) is 0 Å². The molecule has 20 heavy (non-hydrogen) atoms. The van der Waals surface area contributed by atoms with Gasteiger partial charge in [0, 0.05) is 4.83 Å². The van der Waals surface area contributed by atoms with Gasteiger partial charge in [-0.3, -0.25) is 0 Å². The molecule has 0 aliphatic rings. The summed E-state index contributed by atoms with van der Waals surface area (Å²) in [6.07, 6.45) is 8.06. The van der Waals surface area contributed by atoms with Crippen LogP contribution in [-0.2, 0) is 0 Å². The quantitative estimate of drug-likeness (QED) is 0.370. The zero-order chi connectivity index (χ0) is 15.3. The Kier molecular flexibility index (Phi) is 7.29. The maximum atomic E-state index is 3.95. The van der Waals surface area contributed by atoms with Crippen LogP contribution in [0.15, 0.2) is 0 Å². The van der Waals surface area contributed by atoms with Crippen LogP contribution >= 0.6 is 15.9 Å². The molecule has 0 bridgehead atoms. The number of halogens is 1. The summed E-state index contributed by atoms with van der Waals surface area (Å²) < 4.78 is 0. The summed E-state index contributed by atoms with van der Waals surface area (Å²) in [5.41, 5.74) is 8.92. The first kappa shape index (κ1) is 17.8. The standard InChI is InChI=1S/C19H31Br/c1-7-8-9-10-11-12-18(20)19-16(5)14(3)13(2)15(4)17(19)6/h18H,7-12H2,1-6H3. The zero-order valence-corrected chi connectivity index (χ0v) is 15.8. The van der Waals surface area contributed by atoms with E-state index in [2.05, 4.69) is 57.5 Å². The van der Waals surface area contributed by atoms with Gasteiger partial charge in [-0.1, -0.05) is 55.0 Å². The third kappa shape index (κ3) is 4.10. The lowest BCUT2D eigenvalue weighted by Gasteiger charge is -2.22. The Morgan fingerprint density at radius 3 is 1.65 bits per heavy atom. The fourth-order valence-electron chi connectivity index (χ4n) is 3.07. The molecule has 0 amide bonds. The molecule has 1 rings (SSSR count). The van der Waals surface area contributed by atoms with E-state index in [4.69, 9.17) is 0 Å². The summed E-state index contributed by atoms with van der Waals surface area (Å²) in [7, 11) is 0. The van der Waals surface area contributed by atoms with E-state index >= 15 is 0 Å². The van der Waals surface area contributed by atoms with Gasteiger partial charge in [-0.2, -0.15) is 0 Å². The predicted octanol–water partition coefficient (Wildman–Crippen LogP) is 7.03. The predicted molar refractivity (Wildman–Crippen MR) is 95.2 cm³/mol. The van der Waals surface area contributed by atoms with Gasteiger partial charge in [-0.25, -0.2) is 0 Å². The van der Waals surface area contributed by atoms with Crippen LogP contribution in [0.1, 0.15) is 83.7 Å². The number of hydrogen-bond acceptors (Lipinski definition) is 0. The van der Waals surface area contributed by atoms with Crippen molar-refractivity contribution in [2.45, 2.75) is 84.9 Å². The molecule has 0 saturated heterocycles. The molecule has 1 aromatic carbocycles. The molecule has 1 atom stereocenters. The van der Waals surface area contributed by atoms with Crippen LogP contribution in [0.25, 0.3) is 0 Å². The molecule has 0 saturated carbocycles. The van der Waals surface area contributed by atoms with E-state index in [0.717, 1.165) is 0 Å². The minimum Gasteiger partial charge on any atom is -0.0839 e. The Morgan fingerprint density at radius 1 is 0.700 bits per heavy atom. The van der Waals surface area contributed by atoms with Gasteiger partial charge in [0.2, 0.25) is 0 Å². The summed E-state index contributed by atoms with van der Waals surface area (Å²) in [5, 5.41) is 0. The molecular formula is C19H31Br. The average molecular weight is 339 g/mol. The van der Waals surface area contributed by atoms with Crippen molar-refractivity contribution in [2.24, 2.45) is 0 Å². The second kappa shape index (κ2) is 8.22. The van der Waals surface area contributed by atoms with Crippen molar-refractivity contribution in [1.29, 1.82) is 0 Å². The van der Waals surface area contributed by atoms with E-state index in [-0.39, 0.29) is 0 Å². The molecule has 0 nitrogen and oxygen atoms in total. The van der Waals surface area contributed by atoms with Crippen molar-refractivity contribution in [3.8, 4) is 0 Å². The molecule has 0 spiro atoms. The number of benzene rings is 1. The third-order valence-electron chi connectivity index (χ3n) is 4.93. The summed E-state index contributed by atoms with van der Waals surface area (Å²) >= 11 is 3.95. The van der Waals surface area contributed by atoms with Gasteiger partial charge in [0.05, 0.1) is 0 Å². The summed E-state index contributed by atoms with van der Waals surface area (Å²) in [5.74, 6) is 0. The molecule has 0 aliphatic carbocycles. The first-order valence-corrected chi connectivity index (χ1v) is 9.04. The largest absolute Gasteiger partial charge is 0.0839 e. The van der Waals surface area contributed by atoms with E-state index in [1.165, 1.54) is 66.3 Å². The van der Waals surface area contributed by atoms with Crippen molar-refractivity contribution in [3.05, 3.63) is 33.4 Å². The van der Waals surface area contributed by atoms with Gasteiger partial charge in [0.15, 0.2) is 0 Å². The van der Waals surface area contributed by atoms with Gasteiger partial charge < -0.3 is 0 Å². The van der Waals surface area contributed by atoms with E-state index in [1.807, 2.05) is 0 Å². The topological polar surface area (TPSA) is 0 Å². The molecule has 0 N–H and O–H groups in total. The van der Waals surface area contributed by atoms with Crippen LogP contribution in [-0.4, -0.2) is 0 Å². The third-order valence-corrected chi connectivity index (χ3v) is 5.85.